The number of rotatable bonds is 10. The number of carbonyl (C=O) groups is 2. The van der Waals surface area contributed by atoms with Crippen molar-refractivity contribution in [3.8, 4) is 0 Å². The lowest BCUT2D eigenvalue weighted by molar-refractivity contribution is -0.139. The number of benzene rings is 2. The maximum Gasteiger partial charge on any atom is 0.244 e. The van der Waals surface area contributed by atoms with Gasteiger partial charge in [-0.3, -0.25) is 13.9 Å². The molecule has 2 aromatic carbocycles. The Bertz CT molecular complexity index is 1080. The zero-order valence-corrected chi connectivity index (χ0v) is 21.1. The summed E-state index contributed by atoms with van der Waals surface area (Å²) in [5.74, 6) is -0.449. The average molecular weight is 474 g/mol. The standard InChI is InChI=1S/C25H35N3O4S/c1-18(2)15-26-25(30)21(5)27(16-22-13-9-7-11-19(22)3)24(29)17-28(33(6,31)32)23-14-10-8-12-20(23)4/h7-14,18,21H,15-17H2,1-6H3,(H,26,30)/t21-/m0/s1. The van der Waals surface area contributed by atoms with Crippen LogP contribution in [0.5, 0.6) is 0 Å². The molecule has 33 heavy (non-hydrogen) atoms. The summed E-state index contributed by atoms with van der Waals surface area (Å²) in [6, 6.07) is 13.9. The third-order valence-corrected chi connectivity index (χ3v) is 6.64. The van der Waals surface area contributed by atoms with Crippen LogP contribution in [0, 0.1) is 19.8 Å². The maximum absolute atomic E-state index is 13.5. The van der Waals surface area contributed by atoms with Gasteiger partial charge < -0.3 is 10.2 Å². The molecule has 0 radical (unpaired) electrons. The second-order valence-corrected chi connectivity index (χ2v) is 10.7. The first kappa shape index (κ1) is 26.4. The molecule has 0 saturated heterocycles. The van der Waals surface area contributed by atoms with E-state index in [-0.39, 0.29) is 18.4 Å². The Balaban J connectivity index is 2.39. The quantitative estimate of drug-likeness (QED) is 0.574. The smallest absolute Gasteiger partial charge is 0.244 e. The van der Waals surface area contributed by atoms with E-state index in [2.05, 4.69) is 5.32 Å². The molecule has 2 aromatic rings. The minimum atomic E-state index is -3.73. The molecule has 2 rings (SSSR count). The van der Waals surface area contributed by atoms with E-state index >= 15 is 0 Å². The third-order valence-electron chi connectivity index (χ3n) is 5.52. The summed E-state index contributed by atoms with van der Waals surface area (Å²) < 4.78 is 26.3. The maximum atomic E-state index is 13.5. The number of nitrogens with zero attached hydrogens (tertiary/aromatic N) is 2. The van der Waals surface area contributed by atoms with Crippen molar-refractivity contribution in [2.24, 2.45) is 5.92 Å². The second-order valence-electron chi connectivity index (χ2n) is 8.82. The predicted octanol–water partition coefficient (Wildman–Crippen LogP) is 3.26. The highest BCUT2D eigenvalue weighted by Crippen LogP contribution is 2.23. The highest BCUT2D eigenvalue weighted by atomic mass is 32.2. The molecule has 0 aliphatic carbocycles. The molecule has 180 valence electrons. The number of hydrogen-bond acceptors (Lipinski definition) is 4. The molecule has 0 heterocycles. The predicted molar refractivity (Wildman–Crippen MR) is 132 cm³/mol. The van der Waals surface area contributed by atoms with Gasteiger partial charge >= 0.3 is 0 Å². The minimum absolute atomic E-state index is 0.202. The number of anilines is 1. The van der Waals surface area contributed by atoms with Crippen LogP contribution in [0.3, 0.4) is 0 Å². The van der Waals surface area contributed by atoms with Gasteiger partial charge in [0.1, 0.15) is 12.6 Å². The van der Waals surface area contributed by atoms with Gasteiger partial charge in [-0.05, 0) is 49.4 Å². The lowest BCUT2D eigenvalue weighted by atomic mass is 10.1. The molecule has 0 unspecified atom stereocenters. The van der Waals surface area contributed by atoms with Gasteiger partial charge in [0.2, 0.25) is 21.8 Å². The minimum Gasteiger partial charge on any atom is -0.354 e. The molecular weight excluding hydrogens is 438 g/mol. The van der Waals surface area contributed by atoms with E-state index in [9.17, 15) is 18.0 Å². The van der Waals surface area contributed by atoms with E-state index in [4.69, 9.17) is 0 Å². The zero-order chi connectivity index (χ0) is 24.8. The summed E-state index contributed by atoms with van der Waals surface area (Å²) in [5, 5.41) is 2.88. The summed E-state index contributed by atoms with van der Waals surface area (Å²) in [7, 11) is -3.73. The second kappa shape index (κ2) is 11.3. The lowest BCUT2D eigenvalue weighted by Gasteiger charge is -2.32. The van der Waals surface area contributed by atoms with Crippen molar-refractivity contribution in [1.29, 1.82) is 0 Å². The van der Waals surface area contributed by atoms with Gasteiger partial charge in [-0.1, -0.05) is 56.3 Å². The summed E-state index contributed by atoms with van der Waals surface area (Å²) >= 11 is 0. The zero-order valence-electron chi connectivity index (χ0n) is 20.3. The monoisotopic (exact) mass is 473 g/mol. The summed E-state index contributed by atoms with van der Waals surface area (Å²) in [4.78, 5) is 27.8. The summed E-state index contributed by atoms with van der Waals surface area (Å²) in [6.07, 6.45) is 1.08. The van der Waals surface area contributed by atoms with Gasteiger partial charge in [-0.2, -0.15) is 0 Å². The van der Waals surface area contributed by atoms with Gasteiger partial charge in [0, 0.05) is 13.1 Å². The first-order valence-electron chi connectivity index (χ1n) is 11.1. The van der Waals surface area contributed by atoms with Crippen LogP contribution in [-0.2, 0) is 26.2 Å². The molecular formula is C25H35N3O4S. The van der Waals surface area contributed by atoms with Crippen molar-refractivity contribution in [2.75, 3.05) is 23.7 Å². The highest BCUT2D eigenvalue weighted by Gasteiger charge is 2.30. The van der Waals surface area contributed by atoms with Crippen LogP contribution in [0.2, 0.25) is 0 Å². The first-order chi connectivity index (χ1) is 15.4. The molecule has 1 N–H and O–H groups in total. The number of amides is 2. The van der Waals surface area contributed by atoms with E-state index in [1.165, 1.54) is 4.90 Å². The van der Waals surface area contributed by atoms with Gasteiger partial charge in [-0.15, -0.1) is 0 Å². The van der Waals surface area contributed by atoms with Crippen molar-refractivity contribution in [1.82, 2.24) is 10.2 Å². The van der Waals surface area contributed by atoms with Crippen molar-refractivity contribution >= 4 is 27.5 Å². The Morgan fingerprint density at radius 3 is 2.06 bits per heavy atom. The van der Waals surface area contributed by atoms with E-state index in [0.717, 1.165) is 27.3 Å². The topological polar surface area (TPSA) is 86.8 Å². The molecule has 0 saturated carbocycles. The Hall–Kier alpha value is -2.87. The fourth-order valence-corrected chi connectivity index (χ4v) is 4.35. The van der Waals surface area contributed by atoms with Gasteiger partial charge in [0.05, 0.1) is 11.9 Å². The van der Waals surface area contributed by atoms with Gasteiger partial charge in [0.15, 0.2) is 0 Å². The van der Waals surface area contributed by atoms with E-state index in [1.54, 1.807) is 32.0 Å². The van der Waals surface area contributed by atoms with E-state index in [0.29, 0.717) is 12.2 Å². The van der Waals surface area contributed by atoms with Crippen molar-refractivity contribution < 1.29 is 18.0 Å². The van der Waals surface area contributed by atoms with Crippen LogP contribution in [-0.4, -0.2) is 50.5 Å². The van der Waals surface area contributed by atoms with Gasteiger partial charge in [0.25, 0.3) is 0 Å². The first-order valence-corrected chi connectivity index (χ1v) is 12.9. The Kier molecular flexibility index (Phi) is 9.05. The lowest BCUT2D eigenvalue weighted by Crippen LogP contribution is -2.51. The fourth-order valence-electron chi connectivity index (χ4n) is 3.44. The molecule has 2 amide bonds. The number of carbonyl (C=O) groups excluding carboxylic acids is 2. The van der Waals surface area contributed by atoms with Crippen molar-refractivity contribution in [3.05, 3.63) is 65.2 Å². The molecule has 1 atom stereocenters. The molecule has 0 bridgehead atoms. The Morgan fingerprint density at radius 2 is 1.52 bits per heavy atom. The fraction of sp³-hybridized carbons (Fsp3) is 0.440. The average Bonchev–Trinajstić information content (AvgIpc) is 2.74. The molecule has 8 heteroatoms. The number of nitrogens with one attached hydrogen (secondary N) is 1. The van der Waals surface area contributed by atoms with E-state index < -0.39 is 28.5 Å². The highest BCUT2D eigenvalue weighted by molar-refractivity contribution is 7.92. The summed E-state index contributed by atoms with van der Waals surface area (Å²) in [6.45, 7) is 9.70. The molecule has 0 aliphatic rings. The molecule has 0 fully saturated rings. The normalized spacial score (nSPS) is 12.3. The SMILES string of the molecule is Cc1ccccc1CN(C(=O)CN(c1ccccc1C)S(C)(=O)=O)[C@@H](C)C(=O)NCC(C)C. The van der Waals surface area contributed by atoms with Gasteiger partial charge in [-0.25, -0.2) is 8.42 Å². The summed E-state index contributed by atoms with van der Waals surface area (Å²) in [5.41, 5.74) is 3.07. The third kappa shape index (κ3) is 7.32. The Labute approximate surface area is 197 Å². The van der Waals surface area contributed by atoms with Crippen LogP contribution in [0.15, 0.2) is 48.5 Å². The van der Waals surface area contributed by atoms with Crippen LogP contribution < -0.4 is 9.62 Å². The number of hydrogen-bond donors (Lipinski definition) is 1. The van der Waals surface area contributed by atoms with Crippen molar-refractivity contribution in [2.45, 2.75) is 47.2 Å². The largest absolute Gasteiger partial charge is 0.354 e. The van der Waals surface area contributed by atoms with Crippen LogP contribution in [0.4, 0.5) is 5.69 Å². The van der Waals surface area contributed by atoms with Crippen LogP contribution in [0.1, 0.15) is 37.5 Å². The molecule has 7 nitrogen and oxygen atoms in total. The number of para-hydroxylation sites is 1. The van der Waals surface area contributed by atoms with Crippen molar-refractivity contribution in [3.63, 3.8) is 0 Å². The number of aryl methyl sites for hydroxylation is 2. The molecule has 0 aliphatic heterocycles. The molecule has 0 spiro atoms. The van der Waals surface area contributed by atoms with Crippen LogP contribution in [0.25, 0.3) is 0 Å². The van der Waals surface area contributed by atoms with E-state index in [1.807, 2.05) is 51.1 Å². The Morgan fingerprint density at radius 1 is 0.939 bits per heavy atom. The number of sulfonamides is 1. The molecule has 0 aromatic heterocycles. The van der Waals surface area contributed by atoms with Crippen LogP contribution >= 0.6 is 0 Å².